The fourth-order valence-electron chi connectivity index (χ4n) is 3.56. The van der Waals surface area contributed by atoms with Crippen molar-refractivity contribution in [3.63, 3.8) is 0 Å². The average Bonchev–Trinajstić information content (AvgIpc) is 2.76. The van der Waals surface area contributed by atoms with Crippen LogP contribution in [0.15, 0.2) is 18.2 Å². The quantitative estimate of drug-likeness (QED) is 0.722. The van der Waals surface area contributed by atoms with Crippen molar-refractivity contribution in [2.75, 3.05) is 13.1 Å². The van der Waals surface area contributed by atoms with Crippen molar-refractivity contribution in [3.05, 3.63) is 34.5 Å². The first kappa shape index (κ1) is 14.9. The highest BCUT2D eigenvalue weighted by Crippen LogP contribution is 2.31. The number of halogens is 1. The lowest BCUT2D eigenvalue weighted by Gasteiger charge is -2.27. The van der Waals surface area contributed by atoms with E-state index in [1.54, 1.807) is 0 Å². The molecule has 3 rings (SSSR count). The van der Waals surface area contributed by atoms with E-state index in [1.165, 1.54) is 60.9 Å². The van der Waals surface area contributed by atoms with Crippen molar-refractivity contribution in [2.45, 2.75) is 45.6 Å². The monoisotopic (exact) mass is 304 g/mol. The molecule has 2 nitrogen and oxygen atoms in total. The maximum atomic E-state index is 6.20. The van der Waals surface area contributed by atoms with Gasteiger partial charge in [0.05, 0.1) is 0 Å². The predicted octanol–water partition coefficient (Wildman–Crippen LogP) is 4.77. The van der Waals surface area contributed by atoms with Crippen molar-refractivity contribution in [2.24, 2.45) is 7.05 Å². The van der Waals surface area contributed by atoms with Crippen LogP contribution in [0.1, 0.15) is 43.9 Å². The normalized spacial score (nSPS) is 15.6. The molecule has 0 N–H and O–H groups in total. The minimum Gasteiger partial charge on any atom is -0.347 e. The van der Waals surface area contributed by atoms with Gasteiger partial charge in [-0.15, -0.1) is 0 Å². The van der Waals surface area contributed by atoms with Gasteiger partial charge in [-0.1, -0.05) is 37.8 Å². The smallest absolute Gasteiger partial charge is 0.0484 e. The van der Waals surface area contributed by atoms with Crippen LogP contribution in [0.25, 0.3) is 10.9 Å². The molecule has 21 heavy (non-hydrogen) atoms. The summed E-state index contributed by atoms with van der Waals surface area (Å²) in [6, 6.07) is 6.29. The number of nitrogens with zero attached hydrogens (tertiary/aromatic N) is 2. The van der Waals surface area contributed by atoms with Crippen LogP contribution in [0.4, 0.5) is 0 Å². The van der Waals surface area contributed by atoms with E-state index in [1.807, 2.05) is 6.07 Å². The highest BCUT2D eigenvalue weighted by Gasteiger charge is 2.22. The summed E-state index contributed by atoms with van der Waals surface area (Å²) in [5.74, 6) is 0. The van der Waals surface area contributed by atoms with Gasteiger partial charge >= 0.3 is 0 Å². The number of fused-ring (bicyclic) bond motifs is 3. The summed E-state index contributed by atoms with van der Waals surface area (Å²) in [5, 5.41) is 2.19. The minimum atomic E-state index is 0.843. The van der Waals surface area contributed by atoms with Gasteiger partial charge < -0.3 is 4.57 Å². The number of rotatable bonds is 5. The van der Waals surface area contributed by atoms with Crippen molar-refractivity contribution in [3.8, 4) is 0 Å². The van der Waals surface area contributed by atoms with Crippen molar-refractivity contribution >= 4 is 22.5 Å². The zero-order valence-electron chi connectivity index (χ0n) is 13.2. The van der Waals surface area contributed by atoms with Crippen LogP contribution < -0.4 is 0 Å². The molecule has 0 radical (unpaired) electrons. The predicted molar refractivity (Wildman–Crippen MR) is 91.1 cm³/mol. The Kier molecular flexibility index (Phi) is 4.56. The van der Waals surface area contributed by atoms with E-state index in [9.17, 15) is 0 Å². The van der Waals surface area contributed by atoms with E-state index >= 15 is 0 Å². The number of hydrogen-bond donors (Lipinski definition) is 0. The van der Waals surface area contributed by atoms with Crippen LogP contribution in [-0.2, 0) is 20.0 Å². The highest BCUT2D eigenvalue weighted by atomic mass is 35.5. The van der Waals surface area contributed by atoms with Gasteiger partial charge in [0, 0.05) is 48.2 Å². The third kappa shape index (κ3) is 2.97. The molecule has 0 fully saturated rings. The maximum absolute atomic E-state index is 6.20. The Balaban J connectivity index is 1.80. The molecule has 2 heterocycles. The molecule has 0 bridgehead atoms. The molecule has 0 aliphatic carbocycles. The van der Waals surface area contributed by atoms with Crippen LogP contribution in [0, 0.1) is 0 Å². The van der Waals surface area contributed by atoms with Gasteiger partial charge in [-0.05, 0) is 36.7 Å². The van der Waals surface area contributed by atoms with Gasteiger partial charge in [-0.2, -0.15) is 0 Å². The molecule has 3 heteroatoms. The zero-order chi connectivity index (χ0) is 14.8. The van der Waals surface area contributed by atoms with Crippen LogP contribution in [0.2, 0.25) is 5.02 Å². The first-order valence-corrected chi connectivity index (χ1v) is 8.56. The van der Waals surface area contributed by atoms with E-state index < -0.39 is 0 Å². The third-order valence-electron chi connectivity index (χ3n) is 4.77. The minimum absolute atomic E-state index is 0.843. The van der Waals surface area contributed by atoms with Crippen LogP contribution >= 0.6 is 11.6 Å². The second kappa shape index (κ2) is 6.41. The Labute approximate surface area is 132 Å². The topological polar surface area (TPSA) is 8.17 Å². The fourth-order valence-corrected chi connectivity index (χ4v) is 3.73. The Bertz CT molecular complexity index is 630. The van der Waals surface area contributed by atoms with Gasteiger partial charge in [-0.25, -0.2) is 0 Å². The molecule has 0 amide bonds. The molecule has 0 saturated heterocycles. The third-order valence-corrected chi connectivity index (χ3v) is 5.01. The van der Waals surface area contributed by atoms with E-state index in [0.29, 0.717) is 0 Å². The van der Waals surface area contributed by atoms with E-state index in [0.717, 1.165) is 18.0 Å². The summed E-state index contributed by atoms with van der Waals surface area (Å²) in [6.45, 7) is 5.78. The van der Waals surface area contributed by atoms with E-state index in [-0.39, 0.29) is 0 Å². The molecule has 0 unspecified atom stereocenters. The van der Waals surface area contributed by atoms with Crippen molar-refractivity contribution in [1.82, 2.24) is 9.47 Å². The number of benzene rings is 1. The van der Waals surface area contributed by atoms with Gasteiger partial charge in [0.2, 0.25) is 0 Å². The Hall–Kier alpha value is -0.990. The Morgan fingerprint density at radius 1 is 1.19 bits per heavy atom. The second-order valence-corrected chi connectivity index (χ2v) is 6.67. The lowest BCUT2D eigenvalue weighted by atomic mass is 10.0. The molecule has 0 saturated carbocycles. The summed E-state index contributed by atoms with van der Waals surface area (Å²) in [4.78, 5) is 2.61. The zero-order valence-corrected chi connectivity index (χ0v) is 13.9. The highest BCUT2D eigenvalue weighted by molar-refractivity contribution is 6.31. The molecule has 1 aliphatic heterocycles. The van der Waals surface area contributed by atoms with Crippen LogP contribution in [-0.4, -0.2) is 22.6 Å². The van der Waals surface area contributed by atoms with E-state index in [2.05, 4.69) is 35.6 Å². The molecule has 2 aromatic rings. The molecule has 0 atom stereocenters. The summed E-state index contributed by atoms with van der Waals surface area (Å²) in [5.41, 5.74) is 4.31. The van der Waals surface area contributed by atoms with Gasteiger partial charge in [-0.3, -0.25) is 4.90 Å². The lowest BCUT2D eigenvalue weighted by molar-refractivity contribution is 0.247. The molecule has 1 aromatic carbocycles. The van der Waals surface area contributed by atoms with Gasteiger partial charge in [0.1, 0.15) is 0 Å². The number of aromatic nitrogens is 1. The molecule has 0 spiro atoms. The number of unbranched alkanes of at least 4 members (excludes halogenated alkanes) is 3. The van der Waals surface area contributed by atoms with Crippen molar-refractivity contribution < 1.29 is 0 Å². The Morgan fingerprint density at radius 3 is 2.86 bits per heavy atom. The van der Waals surface area contributed by atoms with E-state index in [4.69, 9.17) is 11.6 Å². The fraction of sp³-hybridized carbons (Fsp3) is 0.556. The molecule has 1 aliphatic rings. The molecule has 114 valence electrons. The van der Waals surface area contributed by atoms with Gasteiger partial charge in [0.25, 0.3) is 0 Å². The molecular weight excluding hydrogens is 280 g/mol. The first-order valence-electron chi connectivity index (χ1n) is 8.18. The second-order valence-electron chi connectivity index (χ2n) is 6.23. The molecule has 1 aromatic heterocycles. The first-order chi connectivity index (χ1) is 10.2. The molecular formula is C18H25ClN2. The summed E-state index contributed by atoms with van der Waals surface area (Å²) in [6.07, 6.45) is 6.52. The van der Waals surface area contributed by atoms with Crippen LogP contribution in [0.5, 0.6) is 0 Å². The Morgan fingerprint density at radius 2 is 2.05 bits per heavy atom. The SMILES string of the molecule is CCCCCCN1CCc2c(c3cc(Cl)ccc3n2C)C1. The average molecular weight is 305 g/mol. The number of aryl methyl sites for hydroxylation is 1. The standard InChI is InChI=1S/C18H25ClN2/c1-3-4-5-6-10-21-11-9-18-16(13-21)15-12-14(19)7-8-17(15)20(18)2/h7-8,12H,3-6,9-11,13H2,1-2H3. The maximum Gasteiger partial charge on any atom is 0.0484 e. The van der Waals surface area contributed by atoms with Crippen LogP contribution in [0.3, 0.4) is 0 Å². The largest absolute Gasteiger partial charge is 0.347 e. The van der Waals surface area contributed by atoms with Crippen molar-refractivity contribution in [1.29, 1.82) is 0 Å². The summed E-state index contributed by atoms with van der Waals surface area (Å²) < 4.78 is 2.36. The summed E-state index contributed by atoms with van der Waals surface area (Å²) in [7, 11) is 2.19. The summed E-state index contributed by atoms with van der Waals surface area (Å²) >= 11 is 6.20. The number of hydrogen-bond acceptors (Lipinski definition) is 1. The van der Waals surface area contributed by atoms with Gasteiger partial charge in [0.15, 0.2) is 0 Å². The lowest BCUT2D eigenvalue weighted by Crippen LogP contribution is -2.31.